The molecule has 0 saturated carbocycles. The lowest BCUT2D eigenvalue weighted by Crippen LogP contribution is -2.14. The minimum atomic E-state index is 0.522. The van der Waals surface area contributed by atoms with Crippen molar-refractivity contribution >= 4 is 17.3 Å². The first-order valence-corrected chi connectivity index (χ1v) is 5.47. The lowest BCUT2D eigenvalue weighted by atomic mass is 10.2. The molecule has 0 aliphatic rings. The van der Waals surface area contributed by atoms with Crippen LogP contribution in [0.2, 0.25) is 0 Å². The van der Waals surface area contributed by atoms with Crippen molar-refractivity contribution in [2.75, 3.05) is 17.7 Å². The molecule has 0 spiro atoms. The van der Waals surface area contributed by atoms with E-state index in [0.29, 0.717) is 5.82 Å². The van der Waals surface area contributed by atoms with Crippen LogP contribution in [0, 0.1) is 13.8 Å². The zero-order valence-electron chi connectivity index (χ0n) is 10.3. The summed E-state index contributed by atoms with van der Waals surface area (Å²) in [6, 6.07) is 8.28. The monoisotopic (exact) mass is 228 g/mol. The topological polar surface area (TPSA) is 55.0 Å². The smallest absolute Gasteiger partial charge is 0.141 e. The van der Waals surface area contributed by atoms with E-state index in [1.165, 1.54) is 11.9 Å². The van der Waals surface area contributed by atoms with E-state index in [-0.39, 0.29) is 0 Å². The average Bonchev–Trinajstić information content (AvgIpc) is 2.33. The molecule has 0 aliphatic carbocycles. The largest absolute Gasteiger partial charge is 0.383 e. The molecule has 88 valence electrons. The Hall–Kier alpha value is -2.10. The Morgan fingerprint density at radius 3 is 2.35 bits per heavy atom. The number of aryl methyl sites for hydroxylation is 1. The summed E-state index contributed by atoms with van der Waals surface area (Å²) in [6.45, 7) is 3.99. The van der Waals surface area contributed by atoms with Gasteiger partial charge in [0, 0.05) is 18.3 Å². The first kappa shape index (κ1) is 11.4. The molecule has 0 aliphatic heterocycles. The van der Waals surface area contributed by atoms with Gasteiger partial charge in [-0.2, -0.15) is 0 Å². The molecule has 4 nitrogen and oxygen atoms in total. The van der Waals surface area contributed by atoms with Crippen molar-refractivity contribution in [3.05, 3.63) is 41.7 Å². The number of nitrogens with two attached hydrogens (primary N) is 1. The van der Waals surface area contributed by atoms with Crippen LogP contribution in [0.15, 0.2) is 30.6 Å². The normalized spacial score (nSPS) is 10.3. The molecule has 0 unspecified atom stereocenters. The third kappa shape index (κ3) is 2.20. The fourth-order valence-electron chi connectivity index (χ4n) is 1.68. The van der Waals surface area contributed by atoms with Gasteiger partial charge in [0.05, 0.1) is 0 Å². The maximum Gasteiger partial charge on any atom is 0.141 e. The highest BCUT2D eigenvalue weighted by atomic mass is 15.2. The lowest BCUT2D eigenvalue weighted by molar-refractivity contribution is 1.06. The fourth-order valence-corrected chi connectivity index (χ4v) is 1.68. The summed E-state index contributed by atoms with van der Waals surface area (Å²) >= 11 is 0. The van der Waals surface area contributed by atoms with Gasteiger partial charge >= 0.3 is 0 Å². The van der Waals surface area contributed by atoms with E-state index in [0.717, 1.165) is 17.1 Å². The number of rotatable bonds is 2. The molecule has 0 atom stereocenters. The molecule has 2 N–H and O–H groups in total. The summed E-state index contributed by atoms with van der Waals surface area (Å²) in [6.07, 6.45) is 1.49. The molecule has 2 rings (SSSR count). The zero-order valence-corrected chi connectivity index (χ0v) is 10.3. The Bertz CT molecular complexity index is 519. The van der Waals surface area contributed by atoms with Crippen molar-refractivity contribution in [2.45, 2.75) is 13.8 Å². The molecular weight excluding hydrogens is 212 g/mol. The van der Waals surface area contributed by atoms with E-state index < -0.39 is 0 Å². The molecule has 0 bridgehead atoms. The highest BCUT2D eigenvalue weighted by Crippen LogP contribution is 2.26. The van der Waals surface area contributed by atoms with Gasteiger partial charge in [0.25, 0.3) is 0 Å². The number of hydrogen-bond donors (Lipinski definition) is 1. The number of nitrogens with zero attached hydrogens (tertiary/aromatic N) is 3. The first-order valence-electron chi connectivity index (χ1n) is 5.47. The number of anilines is 3. The molecule has 0 amide bonds. The molecule has 4 heteroatoms. The minimum absolute atomic E-state index is 0.522. The van der Waals surface area contributed by atoms with E-state index in [1.807, 2.05) is 18.9 Å². The zero-order chi connectivity index (χ0) is 12.4. The van der Waals surface area contributed by atoms with Gasteiger partial charge in [-0.3, -0.25) is 0 Å². The average molecular weight is 228 g/mol. The second-order valence-electron chi connectivity index (χ2n) is 4.10. The Morgan fingerprint density at radius 1 is 1.06 bits per heavy atom. The highest BCUT2D eigenvalue weighted by Gasteiger charge is 2.10. The van der Waals surface area contributed by atoms with Crippen LogP contribution in [-0.4, -0.2) is 17.0 Å². The lowest BCUT2D eigenvalue weighted by Gasteiger charge is -2.20. The van der Waals surface area contributed by atoms with Gasteiger partial charge < -0.3 is 10.6 Å². The second kappa shape index (κ2) is 4.41. The van der Waals surface area contributed by atoms with Gasteiger partial charge in [-0.25, -0.2) is 9.97 Å². The van der Waals surface area contributed by atoms with Crippen molar-refractivity contribution in [1.82, 2.24) is 9.97 Å². The number of aromatic nitrogens is 2. The summed E-state index contributed by atoms with van der Waals surface area (Å²) in [5, 5.41) is 0. The molecule has 0 radical (unpaired) electrons. The van der Waals surface area contributed by atoms with Crippen molar-refractivity contribution < 1.29 is 0 Å². The van der Waals surface area contributed by atoms with Crippen molar-refractivity contribution in [1.29, 1.82) is 0 Å². The SMILES string of the molecule is Cc1ccc(N(C)c2ncnc(N)c2C)cc1. The quantitative estimate of drug-likeness (QED) is 0.857. The van der Waals surface area contributed by atoms with Crippen LogP contribution in [0.1, 0.15) is 11.1 Å². The van der Waals surface area contributed by atoms with Crippen LogP contribution in [0.4, 0.5) is 17.3 Å². The Kier molecular flexibility index (Phi) is 2.95. The Morgan fingerprint density at radius 2 is 1.71 bits per heavy atom. The van der Waals surface area contributed by atoms with E-state index in [4.69, 9.17) is 5.73 Å². The maximum atomic E-state index is 5.78. The van der Waals surface area contributed by atoms with Crippen LogP contribution in [0.25, 0.3) is 0 Å². The Labute approximate surface area is 101 Å². The van der Waals surface area contributed by atoms with Crippen LogP contribution >= 0.6 is 0 Å². The third-order valence-corrected chi connectivity index (χ3v) is 2.84. The maximum absolute atomic E-state index is 5.78. The van der Waals surface area contributed by atoms with Gasteiger partial charge in [0.1, 0.15) is 18.0 Å². The standard InChI is InChI=1S/C13H16N4/c1-9-4-6-11(7-5-9)17(3)13-10(2)12(14)15-8-16-13/h4-8H,1-3H3,(H2,14,15,16). The van der Waals surface area contributed by atoms with E-state index in [9.17, 15) is 0 Å². The minimum Gasteiger partial charge on any atom is -0.383 e. The summed E-state index contributed by atoms with van der Waals surface area (Å²) in [5.74, 6) is 1.36. The third-order valence-electron chi connectivity index (χ3n) is 2.84. The van der Waals surface area contributed by atoms with Gasteiger partial charge in [0.2, 0.25) is 0 Å². The van der Waals surface area contributed by atoms with Crippen molar-refractivity contribution in [3.63, 3.8) is 0 Å². The summed E-state index contributed by atoms with van der Waals surface area (Å²) in [4.78, 5) is 10.2. The molecule has 17 heavy (non-hydrogen) atoms. The second-order valence-corrected chi connectivity index (χ2v) is 4.10. The van der Waals surface area contributed by atoms with Crippen LogP contribution in [0.3, 0.4) is 0 Å². The van der Waals surface area contributed by atoms with Gasteiger partial charge in [-0.1, -0.05) is 17.7 Å². The summed E-state index contributed by atoms with van der Waals surface area (Å²) in [7, 11) is 1.97. The van der Waals surface area contributed by atoms with Gasteiger partial charge in [-0.05, 0) is 26.0 Å². The van der Waals surface area contributed by atoms with Crippen LogP contribution in [0.5, 0.6) is 0 Å². The molecule has 1 aromatic heterocycles. The highest BCUT2D eigenvalue weighted by molar-refractivity contribution is 5.65. The van der Waals surface area contributed by atoms with Gasteiger partial charge in [-0.15, -0.1) is 0 Å². The number of nitrogen functional groups attached to an aromatic ring is 1. The molecule has 1 heterocycles. The molecule has 0 saturated heterocycles. The van der Waals surface area contributed by atoms with Crippen molar-refractivity contribution in [2.24, 2.45) is 0 Å². The predicted octanol–water partition coefficient (Wildman–Crippen LogP) is 2.44. The first-order chi connectivity index (χ1) is 8.09. The molecule has 0 fully saturated rings. The van der Waals surface area contributed by atoms with Gasteiger partial charge in [0.15, 0.2) is 0 Å². The predicted molar refractivity (Wildman–Crippen MR) is 70.4 cm³/mol. The Balaban J connectivity index is 2.40. The molecule has 2 aromatic rings. The summed E-state index contributed by atoms with van der Waals surface area (Å²) in [5.41, 5.74) is 9.00. The van der Waals surface area contributed by atoms with E-state index >= 15 is 0 Å². The molecular formula is C13H16N4. The summed E-state index contributed by atoms with van der Waals surface area (Å²) < 4.78 is 0. The van der Waals surface area contributed by atoms with E-state index in [1.54, 1.807) is 0 Å². The molecule has 1 aromatic carbocycles. The van der Waals surface area contributed by atoms with Crippen LogP contribution in [-0.2, 0) is 0 Å². The van der Waals surface area contributed by atoms with Crippen LogP contribution < -0.4 is 10.6 Å². The fraction of sp³-hybridized carbons (Fsp3) is 0.231. The number of benzene rings is 1. The van der Waals surface area contributed by atoms with E-state index in [2.05, 4.69) is 41.2 Å². The number of hydrogen-bond acceptors (Lipinski definition) is 4. The van der Waals surface area contributed by atoms with Crippen molar-refractivity contribution in [3.8, 4) is 0 Å².